The monoisotopic (exact) mass is 272 g/mol. The van der Waals surface area contributed by atoms with Crippen molar-refractivity contribution < 1.29 is 9.59 Å². The number of aryl methyl sites for hydroxylation is 1. The number of nitrogens with zero attached hydrogens (tertiary/aromatic N) is 1. The summed E-state index contributed by atoms with van der Waals surface area (Å²) in [6, 6.07) is 5.43. The maximum absolute atomic E-state index is 11.5. The fourth-order valence-electron chi connectivity index (χ4n) is 2.55. The summed E-state index contributed by atoms with van der Waals surface area (Å²) in [6.45, 7) is 1.89. The molecular formula is C14H16N4O2. The highest BCUT2D eigenvalue weighted by Gasteiger charge is 2.21. The number of hydrazone groups is 1. The Bertz CT molecular complexity index is 609. The molecule has 0 saturated carbocycles. The van der Waals surface area contributed by atoms with Crippen LogP contribution >= 0.6 is 0 Å². The van der Waals surface area contributed by atoms with Crippen LogP contribution in [-0.2, 0) is 11.2 Å². The number of fused-ring (bicyclic) bond motifs is 1. The number of anilines is 1. The minimum atomic E-state index is -0.289. The Morgan fingerprint density at radius 3 is 2.90 bits per heavy atom. The number of hydrogen-bond acceptors (Lipinski definition) is 3. The molecule has 0 fully saturated rings. The minimum Gasteiger partial charge on any atom is -0.328 e. The standard InChI is InChI=1S/C14H16N4O2/c1-8-13(17-18-14(20)15-8)10-5-6-11-9(7-10)3-2-4-12(19)16-11/h5-8H,2-4H2,1H3,(H,16,19)(H2,15,18,20). The van der Waals surface area contributed by atoms with E-state index in [1.165, 1.54) is 0 Å². The maximum Gasteiger partial charge on any atom is 0.335 e. The van der Waals surface area contributed by atoms with Gasteiger partial charge in [0.2, 0.25) is 5.91 Å². The maximum atomic E-state index is 11.5. The second kappa shape index (κ2) is 4.96. The lowest BCUT2D eigenvalue weighted by molar-refractivity contribution is -0.116. The van der Waals surface area contributed by atoms with Crippen molar-refractivity contribution in [3.63, 3.8) is 0 Å². The molecule has 1 unspecified atom stereocenters. The number of rotatable bonds is 1. The van der Waals surface area contributed by atoms with Crippen LogP contribution in [0.25, 0.3) is 0 Å². The van der Waals surface area contributed by atoms with Crippen molar-refractivity contribution in [1.82, 2.24) is 10.7 Å². The third-order valence-electron chi connectivity index (χ3n) is 3.56. The molecule has 20 heavy (non-hydrogen) atoms. The van der Waals surface area contributed by atoms with E-state index >= 15 is 0 Å². The molecule has 6 nitrogen and oxygen atoms in total. The number of amides is 3. The van der Waals surface area contributed by atoms with Gasteiger partial charge in [0.05, 0.1) is 11.8 Å². The Hall–Kier alpha value is -2.37. The summed E-state index contributed by atoms with van der Waals surface area (Å²) in [4.78, 5) is 22.7. The zero-order chi connectivity index (χ0) is 14.1. The molecule has 0 radical (unpaired) electrons. The summed E-state index contributed by atoms with van der Waals surface area (Å²) < 4.78 is 0. The van der Waals surface area contributed by atoms with Gasteiger partial charge in [0.25, 0.3) is 0 Å². The predicted molar refractivity (Wildman–Crippen MR) is 75.7 cm³/mol. The number of carbonyl (C=O) groups excluding carboxylic acids is 2. The Morgan fingerprint density at radius 2 is 2.10 bits per heavy atom. The molecule has 2 heterocycles. The van der Waals surface area contributed by atoms with Crippen molar-refractivity contribution in [2.24, 2.45) is 5.10 Å². The minimum absolute atomic E-state index is 0.0637. The van der Waals surface area contributed by atoms with Crippen molar-refractivity contribution in [1.29, 1.82) is 0 Å². The third-order valence-corrected chi connectivity index (χ3v) is 3.56. The first kappa shape index (κ1) is 12.7. The van der Waals surface area contributed by atoms with E-state index in [2.05, 4.69) is 21.2 Å². The number of nitrogens with one attached hydrogen (secondary N) is 3. The SMILES string of the molecule is CC1NC(=O)NN=C1c1ccc2c(c1)CCCC(=O)N2. The van der Waals surface area contributed by atoms with Crippen molar-refractivity contribution in [3.05, 3.63) is 29.3 Å². The molecule has 3 N–H and O–H groups in total. The average molecular weight is 272 g/mol. The zero-order valence-corrected chi connectivity index (χ0v) is 11.2. The van der Waals surface area contributed by atoms with Crippen molar-refractivity contribution in [3.8, 4) is 0 Å². The molecule has 0 saturated heterocycles. The van der Waals surface area contributed by atoms with Gasteiger partial charge in [-0.15, -0.1) is 0 Å². The molecule has 1 aromatic carbocycles. The molecule has 2 aliphatic rings. The zero-order valence-electron chi connectivity index (χ0n) is 11.2. The lowest BCUT2D eigenvalue weighted by atomic mass is 9.98. The van der Waals surface area contributed by atoms with E-state index in [-0.39, 0.29) is 18.0 Å². The van der Waals surface area contributed by atoms with Crippen LogP contribution in [0.5, 0.6) is 0 Å². The molecule has 1 atom stereocenters. The van der Waals surface area contributed by atoms with Gasteiger partial charge in [0.1, 0.15) is 0 Å². The third kappa shape index (κ3) is 2.36. The van der Waals surface area contributed by atoms with Crippen molar-refractivity contribution in [2.75, 3.05) is 5.32 Å². The number of carbonyl (C=O) groups is 2. The summed E-state index contributed by atoms with van der Waals surface area (Å²) >= 11 is 0. The first-order chi connectivity index (χ1) is 9.63. The lowest BCUT2D eigenvalue weighted by Crippen LogP contribution is -2.48. The van der Waals surface area contributed by atoms with Crippen LogP contribution in [0.1, 0.15) is 30.9 Å². The van der Waals surface area contributed by atoms with Crippen LogP contribution in [0, 0.1) is 0 Å². The second-order valence-corrected chi connectivity index (χ2v) is 5.08. The molecule has 0 aromatic heterocycles. The van der Waals surface area contributed by atoms with Gasteiger partial charge in [-0.25, -0.2) is 10.2 Å². The van der Waals surface area contributed by atoms with E-state index in [0.717, 1.165) is 35.4 Å². The Balaban J connectivity index is 1.94. The fraction of sp³-hybridized carbons (Fsp3) is 0.357. The van der Waals surface area contributed by atoms with E-state index < -0.39 is 0 Å². The van der Waals surface area contributed by atoms with Crippen LogP contribution in [0.15, 0.2) is 23.3 Å². The molecule has 6 heteroatoms. The van der Waals surface area contributed by atoms with Gasteiger partial charge in [0, 0.05) is 17.7 Å². The largest absolute Gasteiger partial charge is 0.335 e. The van der Waals surface area contributed by atoms with Gasteiger partial charge in [-0.3, -0.25) is 4.79 Å². The average Bonchev–Trinajstić information content (AvgIpc) is 2.58. The topological polar surface area (TPSA) is 82.6 Å². The van der Waals surface area contributed by atoms with E-state index in [4.69, 9.17) is 0 Å². The molecule has 0 aliphatic carbocycles. The molecule has 0 bridgehead atoms. The molecular weight excluding hydrogens is 256 g/mol. The van der Waals surface area contributed by atoms with Gasteiger partial charge in [-0.05, 0) is 37.5 Å². The van der Waals surface area contributed by atoms with E-state index in [1.54, 1.807) is 0 Å². The summed E-state index contributed by atoms with van der Waals surface area (Å²) in [5.74, 6) is 0.0637. The highest BCUT2D eigenvalue weighted by molar-refractivity contribution is 6.08. The van der Waals surface area contributed by atoms with E-state index in [1.807, 2.05) is 25.1 Å². The highest BCUT2D eigenvalue weighted by Crippen LogP contribution is 2.24. The molecule has 2 aliphatic heterocycles. The highest BCUT2D eigenvalue weighted by atomic mass is 16.2. The van der Waals surface area contributed by atoms with Crippen LogP contribution in [0.2, 0.25) is 0 Å². The van der Waals surface area contributed by atoms with Gasteiger partial charge in [-0.1, -0.05) is 6.07 Å². The smallest absolute Gasteiger partial charge is 0.328 e. The molecule has 3 amide bonds. The Labute approximate surface area is 116 Å². The van der Waals surface area contributed by atoms with Crippen molar-refractivity contribution in [2.45, 2.75) is 32.2 Å². The van der Waals surface area contributed by atoms with Crippen LogP contribution in [0.3, 0.4) is 0 Å². The van der Waals surface area contributed by atoms with Crippen LogP contribution < -0.4 is 16.1 Å². The summed E-state index contributed by atoms with van der Waals surface area (Å²) in [5, 5.41) is 9.80. The molecule has 1 aromatic rings. The van der Waals surface area contributed by atoms with E-state index in [9.17, 15) is 9.59 Å². The fourth-order valence-corrected chi connectivity index (χ4v) is 2.55. The first-order valence-electron chi connectivity index (χ1n) is 6.71. The second-order valence-electron chi connectivity index (χ2n) is 5.08. The molecule has 3 rings (SSSR count). The summed E-state index contributed by atoms with van der Waals surface area (Å²) in [7, 11) is 0. The first-order valence-corrected chi connectivity index (χ1v) is 6.71. The van der Waals surface area contributed by atoms with Crippen molar-refractivity contribution >= 4 is 23.3 Å². The Kier molecular flexibility index (Phi) is 3.14. The molecule has 0 spiro atoms. The van der Waals surface area contributed by atoms with Crippen LogP contribution in [0.4, 0.5) is 10.5 Å². The number of urea groups is 1. The van der Waals surface area contributed by atoms with Gasteiger partial charge < -0.3 is 10.6 Å². The molecule has 104 valence electrons. The quantitative estimate of drug-likeness (QED) is 0.721. The number of hydrogen-bond donors (Lipinski definition) is 3. The van der Waals surface area contributed by atoms with Gasteiger partial charge in [-0.2, -0.15) is 5.10 Å². The van der Waals surface area contributed by atoms with Gasteiger partial charge >= 0.3 is 6.03 Å². The number of benzene rings is 1. The Morgan fingerprint density at radius 1 is 1.25 bits per heavy atom. The normalized spacial score (nSPS) is 21.9. The van der Waals surface area contributed by atoms with Crippen LogP contribution in [-0.4, -0.2) is 23.7 Å². The van der Waals surface area contributed by atoms with E-state index in [0.29, 0.717) is 6.42 Å². The summed E-state index contributed by atoms with van der Waals surface area (Å²) in [5.41, 5.74) is 6.17. The van der Waals surface area contributed by atoms with Gasteiger partial charge in [0.15, 0.2) is 0 Å². The predicted octanol–water partition coefficient (Wildman–Crippen LogP) is 1.37. The lowest BCUT2D eigenvalue weighted by Gasteiger charge is -2.22. The summed E-state index contributed by atoms with van der Waals surface area (Å²) in [6.07, 6.45) is 2.27.